The molecule has 134 valence electrons. The van der Waals surface area contributed by atoms with Crippen LogP contribution in [0.5, 0.6) is 0 Å². The molecule has 0 aromatic heterocycles. The van der Waals surface area contributed by atoms with Gasteiger partial charge in [-0.15, -0.1) is 0 Å². The third-order valence-electron chi connectivity index (χ3n) is 5.07. The maximum atomic E-state index is 12.5. The maximum absolute atomic E-state index is 12.5. The van der Waals surface area contributed by atoms with Gasteiger partial charge in [-0.2, -0.15) is 0 Å². The third-order valence-corrected chi connectivity index (χ3v) is 5.07. The van der Waals surface area contributed by atoms with Crippen molar-refractivity contribution in [3.05, 3.63) is 77.5 Å². The number of carbonyl (C=O) groups excluding carboxylic acids is 1. The lowest BCUT2D eigenvalue weighted by atomic mass is 9.83. The molecule has 0 amide bonds. The Morgan fingerprint density at radius 1 is 1.04 bits per heavy atom. The predicted molar refractivity (Wildman–Crippen MR) is 111 cm³/mol. The Hall–Kier alpha value is -2.81. The molecule has 0 fully saturated rings. The van der Waals surface area contributed by atoms with Crippen LogP contribution in [0.4, 0.5) is 11.4 Å². The maximum Gasteiger partial charge on any atom is 0.180 e. The molecule has 0 N–H and O–H groups in total. The number of hydrogen-bond acceptors (Lipinski definition) is 3. The van der Waals surface area contributed by atoms with Crippen molar-refractivity contribution < 1.29 is 4.79 Å². The number of nitrogens with zero attached hydrogens (tertiary/aromatic N) is 2. The molecule has 3 nitrogen and oxygen atoms in total. The molecule has 2 aromatic rings. The quantitative estimate of drug-likeness (QED) is 0.753. The first-order chi connectivity index (χ1) is 12.3. The van der Waals surface area contributed by atoms with E-state index in [1.54, 1.807) is 12.2 Å². The fourth-order valence-electron chi connectivity index (χ4n) is 3.50. The van der Waals surface area contributed by atoms with Crippen LogP contribution in [-0.2, 0) is 10.2 Å². The lowest BCUT2D eigenvalue weighted by molar-refractivity contribution is -0.110. The van der Waals surface area contributed by atoms with E-state index in [-0.39, 0.29) is 11.2 Å². The van der Waals surface area contributed by atoms with Crippen LogP contribution >= 0.6 is 0 Å². The number of likely N-dealkylation sites (N-methyl/N-ethyl adjacent to an activating group) is 1. The summed E-state index contributed by atoms with van der Waals surface area (Å²) >= 11 is 0. The van der Waals surface area contributed by atoms with Crippen LogP contribution in [0, 0.1) is 0 Å². The highest BCUT2D eigenvalue weighted by Gasteiger charge is 2.38. The molecule has 0 unspecified atom stereocenters. The van der Waals surface area contributed by atoms with Gasteiger partial charge in [0.1, 0.15) is 0 Å². The van der Waals surface area contributed by atoms with Gasteiger partial charge in [0.2, 0.25) is 0 Å². The van der Waals surface area contributed by atoms with Gasteiger partial charge in [-0.25, -0.2) is 0 Å². The number of rotatable bonds is 4. The van der Waals surface area contributed by atoms with Gasteiger partial charge in [-0.05, 0) is 35.4 Å². The highest BCUT2D eigenvalue weighted by atomic mass is 16.1. The zero-order valence-corrected chi connectivity index (χ0v) is 16.2. The van der Waals surface area contributed by atoms with Crippen molar-refractivity contribution in [3.63, 3.8) is 0 Å². The Morgan fingerprint density at radius 3 is 2.31 bits per heavy atom. The van der Waals surface area contributed by atoms with Gasteiger partial charge in [0.25, 0.3) is 0 Å². The Morgan fingerprint density at radius 2 is 1.69 bits per heavy atom. The van der Waals surface area contributed by atoms with Crippen molar-refractivity contribution >= 4 is 23.2 Å². The SMILES string of the molecule is CN(C)c1ccc(/C=C/C(=O)C=C2N(C)c3ccccc3C2(C)C)cc1. The lowest BCUT2D eigenvalue weighted by Gasteiger charge is -2.23. The minimum absolute atomic E-state index is 0.00409. The molecule has 2 aromatic carbocycles. The number of hydrogen-bond donors (Lipinski definition) is 0. The van der Waals surface area contributed by atoms with E-state index in [1.165, 1.54) is 11.3 Å². The fraction of sp³-hybridized carbons (Fsp3) is 0.261. The van der Waals surface area contributed by atoms with Gasteiger partial charge in [0, 0.05) is 49.7 Å². The smallest absolute Gasteiger partial charge is 0.180 e. The van der Waals surface area contributed by atoms with Crippen molar-refractivity contribution in [2.24, 2.45) is 0 Å². The monoisotopic (exact) mass is 346 g/mol. The van der Waals surface area contributed by atoms with Gasteiger partial charge < -0.3 is 9.80 Å². The molecule has 0 aliphatic carbocycles. The summed E-state index contributed by atoms with van der Waals surface area (Å²) in [5.41, 5.74) is 5.43. The Bertz CT molecular complexity index is 873. The first kappa shape index (κ1) is 18.0. The van der Waals surface area contributed by atoms with Crippen LogP contribution in [0.15, 0.2) is 66.4 Å². The molecule has 0 saturated heterocycles. The van der Waals surface area contributed by atoms with Gasteiger partial charge in [0.15, 0.2) is 5.78 Å². The van der Waals surface area contributed by atoms with Crippen molar-refractivity contribution in [1.82, 2.24) is 0 Å². The summed E-state index contributed by atoms with van der Waals surface area (Å²) in [6.45, 7) is 4.33. The van der Waals surface area contributed by atoms with Crippen LogP contribution in [0.1, 0.15) is 25.0 Å². The van der Waals surface area contributed by atoms with Crippen molar-refractivity contribution in [2.45, 2.75) is 19.3 Å². The van der Waals surface area contributed by atoms with Crippen LogP contribution in [-0.4, -0.2) is 26.9 Å². The standard InChI is InChI=1S/C23H26N2O/c1-23(2)20-8-6-7-9-21(20)25(5)22(23)16-19(26)15-12-17-10-13-18(14-11-17)24(3)4/h6-16H,1-5H3/b15-12+,22-16?. The number of ketones is 1. The van der Waals surface area contributed by atoms with Crippen molar-refractivity contribution in [2.75, 3.05) is 30.9 Å². The summed E-state index contributed by atoms with van der Waals surface area (Å²) in [5, 5.41) is 0. The number of benzene rings is 2. The molecule has 0 spiro atoms. The molecule has 0 atom stereocenters. The van der Waals surface area contributed by atoms with E-state index in [9.17, 15) is 4.79 Å². The number of allylic oxidation sites excluding steroid dienone is 3. The minimum Gasteiger partial charge on any atom is -0.378 e. The van der Waals surface area contributed by atoms with Gasteiger partial charge in [-0.3, -0.25) is 4.79 Å². The molecule has 3 rings (SSSR count). The van der Waals surface area contributed by atoms with E-state index in [0.717, 1.165) is 16.9 Å². The third kappa shape index (κ3) is 3.30. The summed E-state index contributed by atoms with van der Waals surface area (Å²) in [7, 11) is 6.05. The van der Waals surface area contributed by atoms with E-state index in [2.05, 4.69) is 41.8 Å². The van der Waals surface area contributed by atoms with E-state index < -0.39 is 0 Å². The zero-order chi connectivity index (χ0) is 18.9. The van der Waals surface area contributed by atoms with E-state index in [4.69, 9.17) is 0 Å². The Kier molecular flexibility index (Phi) is 4.73. The largest absolute Gasteiger partial charge is 0.378 e. The van der Waals surface area contributed by atoms with Crippen LogP contribution in [0.3, 0.4) is 0 Å². The number of fused-ring (bicyclic) bond motifs is 1. The lowest BCUT2D eigenvalue weighted by Crippen LogP contribution is -2.23. The second kappa shape index (κ2) is 6.83. The summed E-state index contributed by atoms with van der Waals surface area (Å²) in [6.07, 6.45) is 5.27. The van der Waals surface area contributed by atoms with Crippen LogP contribution in [0.2, 0.25) is 0 Å². The fourth-order valence-corrected chi connectivity index (χ4v) is 3.50. The van der Waals surface area contributed by atoms with Crippen LogP contribution < -0.4 is 9.80 Å². The Labute approximate surface area is 156 Å². The van der Waals surface area contributed by atoms with Gasteiger partial charge >= 0.3 is 0 Å². The number of anilines is 2. The molecule has 1 heterocycles. The van der Waals surface area contributed by atoms with Gasteiger partial charge in [-0.1, -0.05) is 50.3 Å². The number of para-hydroxylation sites is 1. The highest BCUT2D eigenvalue weighted by molar-refractivity contribution is 6.03. The second-order valence-electron chi connectivity index (χ2n) is 7.45. The number of carbonyl (C=O) groups is 1. The first-order valence-electron chi connectivity index (χ1n) is 8.85. The first-order valence-corrected chi connectivity index (χ1v) is 8.85. The minimum atomic E-state index is -0.178. The van der Waals surface area contributed by atoms with Gasteiger partial charge in [0.05, 0.1) is 0 Å². The molecular weight excluding hydrogens is 320 g/mol. The second-order valence-corrected chi connectivity index (χ2v) is 7.45. The molecule has 3 heteroatoms. The predicted octanol–water partition coefficient (Wildman–Crippen LogP) is 4.65. The molecule has 0 saturated carbocycles. The average Bonchev–Trinajstić information content (AvgIpc) is 2.81. The summed E-state index contributed by atoms with van der Waals surface area (Å²) in [5.74, 6) is 0.00409. The molecule has 0 radical (unpaired) electrons. The van der Waals surface area contributed by atoms with E-state index in [0.29, 0.717) is 0 Å². The van der Waals surface area contributed by atoms with E-state index in [1.807, 2.05) is 57.6 Å². The zero-order valence-electron chi connectivity index (χ0n) is 16.2. The van der Waals surface area contributed by atoms with E-state index >= 15 is 0 Å². The summed E-state index contributed by atoms with van der Waals surface area (Å²) in [6, 6.07) is 16.5. The molecular formula is C23H26N2O. The highest BCUT2D eigenvalue weighted by Crippen LogP contribution is 2.46. The van der Waals surface area contributed by atoms with Crippen LogP contribution in [0.25, 0.3) is 6.08 Å². The molecule has 0 bridgehead atoms. The average molecular weight is 346 g/mol. The molecule has 26 heavy (non-hydrogen) atoms. The Balaban J connectivity index is 1.81. The van der Waals surface area contributed by atoms with Crippen molar-refractivity contribution in [3.8, 4) is 0 Å². The molecule has 1 aliphatic rings. The molecule has 1 aliphatic heterocycles. The summed E-state index contributed by atoms with van der Waals surface area (Å²) < 4.78 is 0. The topological polar surface area (TPSA) is 23.6 Å². The normalized spacial score (nSPS) is 17.0. The van der Waals surface area contributed by atoms with Crippen molar-refractivity contribution in [1.29, 1.82) is 0 Å². The summed E-state index contributed by atoms with van der Waals surface area (Å²) in [4.78, 5) is 16.7.